The summed E-state index contributed by atoms with van der Waals surface area (Å²) in [7, 11) is 1.30. The number of nitriles is 1. The molecular weight excluding hydrogens is 206 g/mol. The third-order valence-corrected chi connectivity index (χ3v) is 3.81. The summed E-state index contributed by atoms with van der Waals surface area (Å²) in [6, 6.07) is 2.05. The Balaban J connectivity index is 2.39. The minimum absolute atomic E-state index is 0.410. The zero-order valence-corrected chi connectivity index (χ0v) is 9.40. The van der Waals surface area contributed by atoms with Crippen molar-refractivity contribution in [3.63, 3.8) is 0 Å². The Bertz CT molecular complexity index is 366. The van der Waals surface area contributed by atoms with E-state index in [1.54, 1.807) is 0 Å². The Hall–Kier alpha value is -1.44. The molecule has 0 saturated heterocycles. The molecule has 5 nitrogen and oxygen atoms in total. The summed E-state index contributed by atoms with van der Waals surface area (Å²) < 4.78 is 4.74. The maximum Gasteiger partial charge on any atom is 0.351 e. The van der Waals surface area contributed by atoms with E-state index in [1.807, 2.05) is 0 Å². The third kappa shape index (κ3) is 1.26. The minimum Gasteiger partial charge on any atom is -0.466 e. The number of hydrogen-bond acceptors (Lipinski definition) is 5. The first-order valence-corrected chi connectivity index (χ1v) is 5.59. The summed E-state index contributed by atoms with van der Waals surface area (Å²) in [5.41, 5.74) is -1.80. The number of methoxy groups -OCH3 is 1. The molecule has 1 heterocycles. The zero-order chi connectivity index (χ0) is 11.6. The van der Waals surface area contributed by atoms with Crippen LogP contribution in [0.1, 0.15) is 32.1 Å². The average Bonchev–Trinajstić information content (AvgIpc) is 2.68. The fourth-order valence-corrected chi connectivity index (χ4v) is 2.84. The van der Waals surface area contributed by atoms with Gasteiger partial charge in [-0.2, -0.15) is 15.5 Å². The first-order chi connectivity index (χ1) is 7.71. The number of hydrogen-bond donors (Lipinski definition) is 0. The fourth-order valence-electron chi connectivity index (χ4n) is 2.84. The molecule has 1 spiro atoms. The second-order valence-electron chi connectivity index (χ2n) is 4.55. The van der Waals surface area contributed by atoms with Gasteiger partial charge in [0.2, 0.25) is 0 Å². The van der Waals surface area contributed by atoms with Crippen molar-refractivity contribution >= 4 is 5.97 Å². The van der Waals surface area contributed by atoms with Gasteiger partial charge in [0.25, 0.3) is 5.54 Å². The van der Waals surface area contributed by atoms with Crippen LogP contribution in [0.25, 0.3) is 0 Å². The number of carbonyl (C=O) groups is 1. The molecule has 1 aliphatic carbocycles. The number of rotatable bonds is 1. The smallest absolute Gasteiger partial charge is 0.351 e. The zero-order valence-electron chi connectivity index (χ0n) is 9.40. The summed E-state index contributed by atoms with van der Waals surface area (Å²) >= 11 is 0. The second-order valence-corrected chi connectivity index (χ2v) is 4.55. The van der Waals surface area contributed by atoms with Crippen molar-refractivity contribution in [3.05, 3.63) is 0 Å². The molecule has 0 bridgehead atoms. The molecule has 86 valence electrons. The Morgan fingerprint density at radius 1 is 1.38 bits per heavy atom. The van der Waals surface area contributed by atoms with Gasteiger partial charge in [0.05, 0.1) is 13.7 Å². The highest BCUT2D eigenvalue weighted by Crippen LogP contribution is 2.50. The van der Waals surface area contributed by atoms with Crippen molar-refractivity contribution in [1.82, 2.24) is 0 Å². The van der Waals surface area contributed by atoms with Crippen molar-refractivity contribution in [2.24, 2.45) is 15.6 Å². The van der Waals surface area contributed by atoms with Gasteiger partial charge in [-0.25, -0.2) is 4.79 Å². The van der Waals surface area contributed by atoms with Gasteiger partial charge in [-0.3, -0.25) is 0 Å². The van der Waals surface area contributed by atoms with Crippen molar-refractivity contribution in [2.75, 3.05) is 13.7 Å². The van der Waals surface area contributed by atoms with E-state index in [0.717, 1.165) is 32.1 Å². The maximum atomic E-state index is 11.8. The lowest BCUT2D eigenvalue weighted by molar-refractivity contribution is -0.149. The summed E-state index contributed by atoms with van der Waals surface area (Å²) in [5, 5.41) is 17.2. The van der Waals surface area contributed by atoms with Crippen LogP contribution >= 0.6 is 0 Å². The lowest BCUT2D eigenvalue weighted by Gasteiger charge is -2.38. The van der Waals surface area contributed by atoms with Gasteiger partial charge in [-0.15, -0.1) is 0 Å². The summed E-state index contributed by atoms with van der Waals surface area (Å²) in [5.74, 6) is -0.557. The topological polar surface area (TPSA) is 74.8 Å². The Labute approximate surface area is 94.5 Å². The molecule has 2 rings (SSSR count). The number of ether oxygens (including phenoxy) is 1. The SMILES string of the molecule is COC(=O)C1(C#N)N=NCC12CCCCC2. The molecule has 0 radical (unpaired) electrons. The standard InChI is InChI=1S/C11H15N3O2/c1-16-9(15)11(7-12)10(8-13-14-11)5-3-2-4-6-10/h2-6,8H2,1H3. The molecule has 1 saturated carbocycles. The van der Waals surface area contributed by atoms with Crippen molar-refractivity contribution < 1.29 is 9.53 Å². The van der Waals surface area contributed by atoms with Crippen LogP contribution in [0.4, 0.5) is 0 Å². The maximum absolute atomic E-state index is 11.8. The van der Waals surface area contributed by atoms with E-state index in [1.165, 1.54) is 7.11 Å². The molecule has 0 N–H and O–H groups in total. The van der Waals surface area contributed by atoms with Gasteiger partial charge in [0, 0.05) is 5.41 Å². The molecule has 2 aliphatic rings. The van der Waals surface area contributed by atoms with E-state index in [2.05, 4.69) is 16.3 Å². The van der Waals surface area contributed by atoms with Crippen molar-refractivity contribution in [1.29, 1.82) is 5.26 Å². The van der Waals surface area contributed by atoms with E-state index >= 15 is 0 Å². The normalized spacial score (nSPS) is 31.2. The first-order valence-electron chi connectivity index (χ1n) is 5.59. The van der Waals surface area contributed by atoms with E-state index in [-0.39, 0.29) is 0 Å². The predicted molar refractivity (Wildman–Crippen MR) is 55.6 cm³/mol. The largest absolute Gasteiger partial charge is 0.466 e. The number of esters is 1. The summed E-state index contributed by atoms with van der Waals surface area (Å²) in [4.78, 5) is 11.8. The molecule has 0 aromatic carbocycles. The van der Waals surface area contributed by atoms with Gasteiger partial charge in [-0.05, 0) is 12.8 Å². The second kappa shape index (κ2) is 3.85. The van der Waals surface area contributed by atoms with E-state index in [9.17, 15) is 10.1 Å². The van der Waals surface area contributed by atoms with Gasteiger partial charge in [0.15, 0.2) is 0 Å². The lowest BCUT2D eigenvalue weighted by atomic mass is 9.63. The van der Waals surface area contributed by atoms with E-state index < -0.39 is 16.9 Å². The van der Waals surface area contributed by atoms with Crippen LogP contribution in [0.15, 0.2) is 10.2 Å². The van der Waals surface area contributed by atoms with Gasteiger partial charge < -0.3 is 4.74 Å². The minimum atomic E-state index is -1.39. The van der Waals surface area contributed by atoms with Gasteiger partial charge in [0.1, 0.15) is 6.07 Å². The average molecular weight is 221 g/mol. The van der Waals surface area contributed by atoms with Crippen LogP contribution in [-0.2, 0) is 9.53 Å². The number of nitrogens with zero attached hydrogens (tertiary/aromatic N) is 3. The molecule has 0 aromatic heterocycles. The number of azo groups is 1. The van der Waals surface area contributed by atoms with Gasteiger partial charge in [-0.1, -0.05) is 19.3 Å². The van der Waals surface area contributed by atoms with Crippen LogP contribution < -0.4 is 0 Å². The van der Waals surface area contributed by atoms with E-state index in [0.29, 0.717) is 6.54 Å². The van der Waals surface area contributed by atoms with Crippen LogP contribution in [0, 0.1) is 16.7 Å². The first kappa shape index (κ1) is 11.1. The molecule has 16 heavy (non-hydrogen) atoms. The van der Waals surface area contributed by atoms with Crippen molar-refractivity contribution in [3.8, 4) is 6.07 Å². The molecule has 0 aromatic rings. The molecule has 1 atom stereocenters. The monoisotopic (exact) mass is 221 g/mol. The van der Waals surface area contributed by atoms with Crippen molar-refractivity contribution in [2.45, 2.75) is 37.6 Å². The third-order valence-electron chi connectivity index (χ3n) is 3.81. The number of carbonyl (C=O) groups excluding carboxylic acids is 1. The van der Waals surface area contributed by atoms with Crippen LogP contribution in [-0.4, -0.2) is 25.2 Å². The van der Waals surface area contributed by atoms with Crippen LogP contribution in [0.3, 0.4) is 0 Å². The lowest BCUT2D eigenvalue weighted by Crippen LogP contribution is -2.52. The van der Waals surface area contributed by atoms with E-state index in [4.69, 9.17) is 4.74 Å². The fraction of sp³-hybridized carbons (Fsp3) is 0.818. The molecule has 1 unspecified atom stereocenters. The molecule has 1 fully saturated rings. The molecule has 1 aliphatic heterocycles. The quantitative estimate of drug-likeness (QED) is 0.634. The highest BCUT2D eigenvalue weighted by molar-refractivity contribution is 5.86. The molecule has 0 amide bonds. The van der Waals surface area contributed by atoms with Crippen LogP contribution in [0.5, 0.6) is 0 Å². The van der Waals surface area contributed by atoms with Gasteiger partial charge >= 0.3 is 5.97 Å². The van der Waals surface area contributed by atoms with Crippen LogP contribution in [0.2, 0.25) is 0 Å². The Morgan fingerprint density at radius 3 is 2.62 bits per heavy atom. The summed E-state index contributed by atoms with van der Waals surface area (Å²) in [6.45, 7) is 0.482. The summed E-state index contributed by atoms with van der Waals surface area (Å²) in [6.07, 6.45) is 4.90. The molecular formula is C11H15N3O2. The Kier molecular flexibility index (Phi) is 2.66. The highest BCUT2D eigenvalue weighted by atomic mass is 16.5. The Morgan fingerprint density at radius 2 is 2.06 bits per heavy atom. The highest BCUT2D eigenvalue weighted by Gasteiger charge is 2.62. The molecule has 5 heteroatoms. The predicted octanol–water partition coefficient (Wildman–Crippen LogP) is 1.84.